The SMILES string of the molecule is CNCCN(C)C(=O)c1cnn(-c2ccc(F)cc2)c1C(C)C. The summed E-state index contributed by atoms with van der Waals surface area (Å²) < 4.78 is 14.8. The molecule has 1 aromatic heterocycles. The van der Waals surface area contributed by atoms with Crippen LogP contribution >= 0.6 is 0 Å². The smallest absolute Gasteiger partial charge is 0.257 e. The third-order valence-corrected chi connectivity index (χ3v) is 3.70. The van der Waals surface area contributed by atoms with Crippen molar-refractivity contribution in [1.82, 2.24) is 20.0 Å². The molecule has 0 aliphatic heterocycles. The summed E-state index contributed by atoms with van der Waals surface area (Å²) in [5, 5.41) is 7.38. The van der Waals surface area contributed by atoms with Crippen molar-refractivity contribution in [2.45, 2.75) is 19.8 Å². The average molecular weight is 318 g/mol. The first-order chi connectivity index (χ1) is 11.0. The van der Waals surface area contributed by atoms with E-state index < -0.39 is 0 Å². The van der Waals surface area contributed by atoms with E-state index in [2.05, 4.69) is 10.4 Å². The second kappa shape index (κ2) is 7.37. The van der Waals surface area contributed by atoms with Crippen LogP contribution in [0.5, 0.6) is 0 Å². The Kier molecular flexibility index (Phi) is 5.50. The van der Waals surface area contributed by atoms with Gasteiger partial charge in [0, 0.05) is 20.1 Å². The Morgan fingerprint density at radius 3 is 2.57 bits per heavy atom. The summed E-state index contributed by atoms with van der Waals surface area (Å²) >= 11 is 0. The topological polar surface area (TPSA) is 50.2 Å². The Bertz CT molecular complexity index is 664. The minimum Gasteiger partial charge on any atom is -0.340 e. The van der Waals surface area contributed by atoms with Crippen molar-refractivity contribution in [1.29, 1.82) is 0 Å². The number of carbonyl (C=O) groups is 1. The molecule has 6 heteroatoms. The van der Waals surface area contributed by atoms with E-state index in [4.69, 9.17) is 0 Å². The minimum absolute atomic E-state index is 0.0580. The van der Waals surface area contributed by atoms with Gasteiger partial charge in [-0.3, -0.25) is 4.79 Å². The zero-order valence-corrected chi connectivity index (χ0v) is 14.0. The van der Waals surface area contributed by atoms with Crippen LogP contribution in [0.2, 0.25) is 0 Å². The van der Waals surface area contributed by atoms with Gasteiger partial charge in [-0.15, -0.1) is 0 Å². The summed E-state index contributed by atoms with van der Waals surface area (Å²) in [4.78, 5) is 14.3. The maximum Gasteiger partial charge on any atom is 0.257 e. The molecule has 0 aliphatic rings. The second-order valence-electron chi connectivity index (χ2n) is 5.82. The Hall–Kier alpha value is -2.21. The lowest BCUT2D eigenvalue weighted by Gasteiger charge is -2.18. The number of halogens is 1. The van der Waals surface area contributed by atoms with E-state index in [0.29, 0.717) is 12.1 Å². The Labute approximate surface area is 136 Å². The molecule has 1 N–H and O–H groups in total. The standard InChI is InChI=1S/C17H23FN4O/c1-12(2)16-15(17(23)21(4)10-9-19-3)11-20-22(16)14-7-5-13(18)6-8-14/h5-8,11-12,19H,9-10H2,1-4H3. The van der Waals surface area contributed by atoms with Crippen molar-refractivity contribution in [3.63, 3.8) is 0 Å². The molecule has 124 valence electrons. The lowest BCUT2D eigenvalue weighted by Crippen LogP contribution is -2.33. The molecule has 2 rings (SSSR count). The van der Waals surface area contributed by atoms with Crippen molar-refractivity contribution in [3.8, 4) is 5.69 Å². The van der Waals surface area contributed by atoms with Crippen molar-refractivity contribution >= 4 is 5.91 Å². The number of aromatic nitrogens is 2. The van der Waals surface area contributed by atoms with E-state index in [1.54, 1.807) is 35.0 Å². The summed E-state index contributed by atoms with van der Waals surface area (Å²) in [7, 11) is 3.63. The number of hydrogen-bond donors (Lipinski definition) is 1. The number of benzene rings is 1. The number of nitrogens with one attached hydrogen (secondary N) is 1. The van der Waals surface area contributed by atoms with Crippen LogP contribution in [0.15, 0.2) is 30.5 Å². The van der Waals surface area contributed by atoms with E-state index >= 15 is 0 Å². The fourth-order valence-corrected chi connectivity index (χ4v) is 2.45. The fourth-order valence-electron chi connectivity index (χ4n) is 2.45. The molecular formula is C17H23FN4O. The number of rotatable bonds is 6. The summed E-state index contributed by atoms with van der Waals surface area (Å²) in [6.07, 6.45) is 1.59. The largest absolute Gasteiger partial charge is 0.340 e. The highest BCUT2D eigenvalue weighted by Gasteiger charge is 2.23. The van der Waals surface area contributed by atoms with Crippen molar-refractivity contribution in [3.05, 3.63) is 47.5 Å². The van der Waals surface area contributed by atoms with Gasteiger partial charge in [0.05, 0.1) is 23.1 Å². The highest BCUT2D eigenvalue weighted by Crippen LogP contribution is 2.24. The molecule has 2 aromatic rings. The molecule has 0 fully saturated rings. The first-order valence-electron chi connectivity index (χ1n) is 7.69. The van der Waals surface area contributed by atoms with Gasteiger partial charge in [0.2, 0.25) is 0 Å². The van der Waals surface area contributed by atoms with Crippen LogP contribution in [-0.2, 0) is 0 Å². The summed E-state index contributed by atoms with van der Waals surface area (Å²) in [5.41, 5.74) is 2.16. The molecule has 1 amide bonds. The Balaban J connectivity index is 2.38. The van der Waals surface area contributed by atoms with E-state index in [0.717, 1.165) is 17.9 Å². The molecule has 0 bridgehead atoms. The van der Waals surface area contributed by atoms with Crippen molar-refractivity contribution in [2.75, 3.05) is 27.2 Å². The maximum atomic E-state index is 13.1. The van der Waals surface area contributed by atoms with Gasteiger partial charge in [0.25, 0.3) is 5.91 Å². The van der Waals surface area contributed by atoms with Crippen molar-refractivity contribution in [2.24, 2.45) is 0 Å². The normalized spacial score (nSPS) is 11.0. The third kappa shape index (κ3) is 3.76. The van der Waals surface area contributed by atoms with Gasteiger partial charge in [-0.25, -0.2) is 9.07 Å². The molecule has 0 saturated heterocycles. The monoisotopic (exact) mass is 318 g/mol. The molecule has 1 aromatic carbocycles. The van der Waals surface area contributed by atoms with Gasteiger partial charge in [0.15, 0.2) is 0 Å². The Morgan fingerprint density at radius 2 is 2.00 bits per heavy atom. The molecule has 0 radical (unpaired) electrons. The quantitative estimate of drug-likeness (QED) is 0.890. The third-order valence-electron chi connectivity index (χ3n) is 3.70. The van der Waals surface area contributed by atoms with Crippen LogP contribution < -0.4 is 5.32 Å². The maximum absolute atomic E-state index is 13.1. The van der Waals surface area contributed by atoms with Gasteiger partial charge in [0.1, 0.15) is 5.82 Å². The predicted octanol–water partition coefficient (Wildman–Crippen LogP) is 2.43. The molecular weight excluding hydrogens is 295 g/mol. The predicted molar refractivity (Wildman–Crippen MR) is 88.5 cm³/mol. The second-order valence-corrected chi connectivity index (χ2v) is 5.82. The van der Waals surface area contributed by atoms with E-state index in [1.165, 1.54) is 12.1 Å². The average Bonchev–Trinajstić information content (AvgIpc) is 2.97. The van der Waals surface area contributed by atoms with Crippen LogP contribution in [0.1, 0.15) is 35.8 Å². The zero-order chi connectivity index (χ0) is 17.0. The molecule has 0 unspecified atom stereocenters. The molecule has 5 nitrogen and oxygen atoms in total. The highest BCUT2D eigenvalue weighted by molar-refractivity contribution is 5.95. The summed E-state index contributed by atoms with van der Waals surface area (Å²) in [6.45, 7) is 5.38. The lowest BCUT2D eigenvalue weighted by atomic mass is 10.0. The van der Waals surface area contributed by atoms with Crippen LogP contribution in [0.4, 0.5) is 4.39 Å². The Morgan fingerprint density at radius 1 is 1.35 bits per heavy atom. The van der Waals surface area contributed by atoms with Crippen LogP contribution in [-0.4, -0.2) is 47.8 Å². The lowest BCUT2D eigenvalue weighted by molar-refractivity contribution is 0.0795. The number of carbonyl (C=O) groups excluding carboxylic acids is 1. The van der Waals surface area contributed by atoms with Gasteiger partial charge in [-0.1, -0.05) is 13.8 Å². The number of amides is 1. The number of nitrogens with zero attached hydrogens (tertiary/aromatic N) is 3. The van der Waals surface area contributed by atoms with Gasteiger partial charge >= 0.3 is 0 Å². The van der Waals surface area contributed by atoms with Crippen molar-refractivity contribution < 1.29 is 9.18 Å². The minimum atomic E-state index is -0.296. The molecule has 0 aliphatic carbocycles. The van der Waals surface area contributed by atoms with Gasteiger partial charge in [-0.05, 0) is 37.2 Å². The van der Waals surface area contributed by atoms with E-state index in [1.807, 2.05) is 20.9 Å². The summed E-state index contributed by atoms with van der Waals surface area (Å²) in [5.74, 6) is -0.244. The highest BCUT2D eigenvalue weighted by atomic mass is 19.1. The van der Waals surface area contributed by atoms with E-state index in [9.17, 15) is 9.18 Å². The fraction of sp³-hybridized carbons (Fsp3) is 0.412. The first-order valence-corrected chi connectivity index (χ1v) is 7.69. The van der Waals surface area contributed by atoms with Crippen LogP contribution in [0, 0.1) is 5.82 Å². The van der Waals surface area contributed by atoms with E-state index in [-0.39, 0.29) is 17.6 Å². The number of likely N-dealkylation sites (N-methyl/N-ethyl adjacent to an activating group) is 2. The zero-order valence-electron chi connectivity index (χ0n) is 14.0. The van der Waals surface area contributed by atoms with Crippen LogP contribution in [0.25, 0.3) is 5.69 Å². The molecule has 23 heavy (non-hydrogen) atoms. The van der Waals surface area contributed by atoms with Gasteiger partial charge < -0.3 is 10.2 Å². The molecule has 1 heterocycles. The first kappa shape index (κ1) is 17.1. The molecule has 0 atom stereocenters. The summed E-state index contributed by atoms with van der Waals surface area (Å²) in [6, 6.07) is 6.10. The molecule has 0 saturated carbocycles. The van der Waals surface area contributed by atoms with Gasteiger partial charge in [-0.2, -0.15) is 5.10 Å². The number of hydrogen-bond acceptors (Lipinski definition) is 3. The molecule has 0 spiro atoms. The van der Waals surface area contributed by atoms with Crippen LogP contribution in [0.3, 0.4) is 0 Å².